The lowest BCUT2D eigenvalue weighted by molar-refractivity contribution is 0.0188. The number of nitrogens with zero attached hydrogens (tertiary/aromatic N) is 2. The molecule has 6 nitrogen and oxygen atoms in total. The van der Waals surface area contributed by atoms with Crippen LogP contribution in [0.25, 0.3) is 0 Å². The fraction of sp³-hybridized carbons (Fsp3) is 0.611. The number of ether oxygens (including phenoxy) is 3. The van der Waals surface area contributed by atoms with Gasteiger partial charge in [0.25, 0.3) is 0 Å². The maximum atomic E-state index is 12.4. The number of fused-ring (bicyclic) bond motifs is 1. The van der Waals surface area contributed by atoms with Crippen LogP contribution in [0.15, 0.2) is 18.2 Å². The van der Waals surface area contributed by atoms with Gasteiger partial charge < -0.3 is 14.2 Å². The number of amides is 1. The van der Waals surface area contributed by atoms with Crippen LogP contribution in [0.1, 0.15) is 24.1 Å². The average Bonchev–Trinajstić information content (AvgIpc) is 2.62. The van der Waals surface area contributed by atoms with Gasteiger partial charge in [0.2, 0.25) is 0 Å². The number of methoxy groups -OCH3 is 1. The van der Waals surface area contributed by atoms with Gasteiger partial charge in [-0.3, -0.25) is 9.80 Å². The van der Waals surface area contributed by atoms with Crippen molar-refractivity contribution in [3.8, 4) is 5.75 Å². The predicted molar refractivity (Wildman–Crippen MR) is 90.4 cm³/mol. The molecular weight excluding hydrogens is 308 g/mol. The molecule has 0 bridgehead atoms. The molecule has 1 aromatic rings. The van der Waals surface area contributed by atoms with Gasteiger partial charge in [-0.1, -0.05) is 6.07 Å². The van der Waals surface area contributed by atoms with E-state index >= 15 is 0 Å². The first kappa shape index (κ1) is 17.0. The fourth-order valence-electron chi connectivity index (χ4n) is 3.47. The summed E-state index contributed by atoms with van der Waals surface area (Å²) in [7, 11) is 1.68. The summed E-state index contributed by atoms with van der Waals surface area (Å²) in [6, 6.07) is 6.16. The second kappa shape index (κ2) is 7.85. The third kappa shape index (κ3) is 3.65. The zero-order valence-electron chi connectivity index (χ0n) is 14.5. The Hall–Kier alpha value is -1.79. The number of hydrogen-bond acceptors (Lipinski definition) is 5. The topological polar surface area (TPSA) is 51.2 Å². The Kier molecular flexibility index (Phi) is 5.58. The Morgan fingerprint density at radius 1 is 1.29 bits per heavy atom. The van der Waals surface area contributed by atoms with Gasteiger partial charge in [0, 0.05) is 26.2 Å². The summed E-state index contributed by atoms with van der Waals surface area (Å²) >= 11 is 0. The third-order valence-electron chi connectivity index (χ3n) is 4.74. The molecule has 132 valence electrons. The molecule has 1 aromatic carbocycles. The monoisotopic (exact) mass is 334 g/mol. The molecular formula is C18H26N2O4. The summed E-state index contributed by atoms with van der Waals surface area (Å²) in [5.41, 5.74) is 2.45. The minimum Gasteiger partial charge on any atom is -0.497 e. The van der Waals surface area contributed by atoms with Crippen molar-refractivity contribution in [2.45, 2.75) is 19.4 Å². The quantitative estimate of drug-likeness (QED) is 0.844. The van der Waals surface area contributed by atoms with E-state index in [0.29, 0.717) is 13.2 Å². The molecule has 6 heteroatoms. The molecule has 0 aromatic heterocycles. The Morgan fingerprint density at radius 2 is 2.08 bits per heavy atom. The molecule has 1 fully saturated rings. The standard InChI is InChI=1S/C18H26N2O4/c1-3-24-18(21)20-7-6-14-12-15(22-2)4-5-16(14)17(20)13-19-8-10-23-11-9-19/h4-5,12,17H,3,6-11,13H2,1-2H3. The Labute approximate surface area is 143 Å². The fourth-order valence-corrected chi connectivity index (χ4v) is 3.47. The van der Waals surface area contributed by atoms with Crippen molar-refractivity contribution in [1.82, 2.24) is 9.80 Å². The number of benzene rings is 1. The molecule has 1 atom stereocenters. The van der Waals surface area contributed by atoms with Crippen LogP contribution >= 0.6 is 0 Å². The van der Waals surface area contributed by atoms with Crippen LogP contribution in [0.4, 0.5) is 4.79 Å². The SMILES string of the molecule is CCOC(=O)N1CCc2cc(OC)ccc2C1CN1CCOCC1. The van der Waals surface area contributed by atoms with Crippen LogP contribution in [0.2, 0.25) is 0 Å². The van der Waals surface area contributed by atoms with Crippen LogP contribution in [-0.4, -0.2) is 69.0 Å². The van der Waals surface area contributed by atoms with E-state index in [9.17, 15) is 4.79 Å². The van der Waals surface area contributed by atoms with E-state index in [1.165, 1.54) is 11.1 Å². The van der Waals surface area contributed by atoms with Crippen LogP contribution in [0.3, 0.4) is 0 Å². The molecule has 0 aliphatic carbocycles. The zero-order chi connectivity index (χ0) is 16.9. The maximum Gasteiger partial charge on any atom is 0.410 e. The van der Waals surface area contributed by atoms with Crippen molar-refractivity contribution in [2.24, 2.45) is 0 Å². The molecule has 0 spiro atoms. The number of carbonyl (C=O) groups is 1. The molecule has 1 amide bonds. The second-order valence-electron chi connectivity index (χ2n) is 6.14. The molecule has 3 rings (SSSR count). The maximum absolute atomic E-state index is 12.4. The van der Waals surface area contributed by atoms with E-state index in [2.05, 4.69) is 17.0 Å². The minimum atomic E-state index is -0.225. The van der Waals surface area contributed by atoms with Crippen molar-refractivity contribution < 1.29 is 19.0 Å². The van der Waals surface area contributed by atoms with Gasteiger partial charge in [-0.2, -0.15) is 0 Å². The third-order valence-corrected chi connectivity index (χ3v) is 4.74. The molecule has 0 saturated carbocycles. The van der Waals surface area contributed by atoms with Crippen molar-refractivity contribution in [3.63, 3.8) is 0 Å². The molecule has 2 aliphatic heterocycles. The first-order chi connectivity index (χ1) is 11.7. The highest BCUT2D eigenvalue weighted by Gasteiger charge is 2.33. The van der Waals surface area contributed by atoms with Gasteiger partial charge in [-0.25, -0.2) is 4.79 Å². The van der Waals surface area contributed by atoms with Crippen molar-refractivity contribution >= 4 is 6.09 Å². The first-order valence-electron chi connectivity index (χ1n) is 8.63. The summed E-state index contributed by atoms with van der Waals surface area (Å²) in [6.45, 7) is 7.03. The van der Waals surface area contributed by atoms with Crippen molar-refractivity contribution in [2.75, 3.05) is 53.1 Å². The van der Waals surface area contributed by atoms with E-state index < -0.39 is 0 Å². The van der Waals surface area contributed by atoms with Crippen LogP contribution in [-0.2, 0) is 15.9 Å². The van der Waals surface area contributed by atoms with Crippen LogP contribution < -0.4 is 4.74 Å². The molecule has 2 aliphatic rings. The van der Waals surface area contributed by atoms with Gasteiger partial charge in [0.15, 0.2) is 0 Å². The largest absolute Gasteiger partial charge is 0.497 e. The van der Waals surface area contributed by atoms with E-state index in [4.69, 9.17) is 14.2 Å². The Bertz CT molecular complexity index is 572. The van der Waals surface area contributed by atoms with Crippen LogP contribution in [0, 0.1) is 0 Å². The summed E-state index contributed by atoms with van der Waals surface area (Å²) in [6.07, 6.45) is 0.600. The lowest BCUT2D eigenvalue weighted by atomic mass is 9.92. The Balaban J connectivity index is 1.86. The van der Waals surface area contributed by atoms with Crippen molar-refractivity contribution in [3.05, 3.63) is 29.3 Å². The van der Waals surface area contributed by atoms with Crippen molar-refractivity contribution in [1.29, 1.82) is 0 Å². The lowest BCUT2D eigenvalue weighted by Crippen LogP contribution is -2.47. The van der Waals surface area contributed by atoms with Crippen LogP contribution in [0.5, 0.6) is 5.75 Å². The highest BCUT2D eigenvalue weighted by Crippen LogP contribution is 2.33. The summed E-state index contributed by atoms with van der Waals surface area (Å²) < 4.78 is 16.1. The van der Waals surface area contributed by atoms with Gasteiger partial charge in [-0.05, 0) is 36.6 Å². The number of hydrogen-bond donors (Lipinski definition) is 0. The highest BCUT2D eigenvalue weighted by atomic mass is 16.6. The van der Waals surface area contributed by atoms with E-state index in [0.717, 1.165) is 45.0 Å². The first-order valence-corrected chi connectivity index (χ1v) is 8.63. The molecule has 0 radical (unpaired) electrons. The lowest BCUT2D eigenvalue weighted by Gasteiger charge is -2.40. The van der Waals surface area contributed by atoms with E-state index in [1.54, 1.807) is 7.11 Å². The minimum absolute atomic E-state index is 0.0109. The number of morpholine rings is 1. The van der Waals surface area contributed by atoms with Gasteiger partial charge >= 0.3 is 6.09 Å². The van der Waals surface area contributed by atoms with Gasteiger partial charge in [-0.15, -0.1) is 0 Å². The Morgan fingerprint density at radius 3 is 2.79 bits per heavy atom. The molecule has 1 saturated heterocycles. The normalized spacial score (nSPS) is 21.2. The number of carbonyl (C=O) groups excluding carboxylic acids is 1. The molecule has 2 heterocycles. The zero-order valence-corrected chi connectivity index (χ0v) is 14.5. The van der Waals surface area contributed by atoms with Gasteiger partial charge in [0.05, 0.1) is 33.0 Å². The summed E-state index contributed by atoms with van der Waals surface area (Å²) in [5, 5.41) is 0. The average molecular weight is 334 g/mol. The second-order valence-corrected chi connectivity index (χ2v) is 6.14. The molecule has 24 heavy (non-hydrogen) atoms. The van der Waals surface area contributed by atoms with E-state index in [-0.39, 0.29) is 12.1 Å². The van der Waals surface area contributed by atoms with Gasteiger partial charge in [0.1, 0.15) is 5.75 Å². The number of rotatable bonds is 4. The summed E-state index contributed by atoms with van der Waals surface area (Å²) in [5.74, 6) is 0.864. The molecule has 0 N–H and O–H groups in total. The smallest absolute Gasteiger partial charge is 0.410 e. The van der Waals surface area contributed by atoms with E-state index in [1.807, 2.05) is 17.9 Å². The molecule has 1 unspecified atom stereocenters. The summed E-state index contributed by atoms with van der Waals surface area (Å²) in [4.78, 5) is 16.6. The highest BCUT2D eigenvalue weighted by molar-refractivity contribution is 5.69. The predicted octanol–water partition coefficient (Wildman–Crippen LogP) is 2.08.